The molecule has 2 aromatic rings. The van der Waals surface area contributed by atoms with Gasteiger partial charge in [-0.05, 0) is 18.1 Å². The van der Waals surface area contributed by atoms with E-state index in [0.29, 0.717) is 6.42 Å². The number of carbonyl (C=O) groups excluding carboxylic acids is 1. The van der Waals surface area contributed by atoms with E-state index < -0.39 is 6.04 Å². The van der Waals surface area contributed by atoms with Crippen LogP contribution in [0.15, 0.2) is 67.3 Å². The van der Waals surface area contributed by atoms with Crippen LogP contribution in [0.2, 0.25) is 0 Å². The van der Waals surface area contributed by atoms with Crippen molar-refractivity contribution in [1.82, 2.24) is 0 Å². The van der Waals surface area contributed by atoms with E-state index in [1.807, 2.05) is 54.6 Å². The third kappa shape index (κ3) is 3.33. The number of para-hydroxylation sites is 1. The molecule has 20 heavy (non-hydrogen) atoms. The minimum Gasteiger partial charge on any atom is -0.324 e. The van der Waals surface area contributed by atoms with E-state index >= 15 is 0 Å². The molecule has 102 valence electrons. The Morgan fingerprint density at radius 3 is 2.50 bits per heavy atom. The fraction of sp³-hybridized carbons (Fsp3) is 0.118. The molecule has 1 unspecified atom stereocenters. The first-order chi connectivity index (χ1) is 9.72. The Bertz CT molecular complexity index is 593. The molecule has 0 aromatic heterocycles. The number of hydrogen-bond donors (Lipinski definition) is 2. The second-order valence-corrected chi connectivity index (χ2v) is 4.53. The summed E-state index contributed by atoms with van der Waals surface area (Å²) < 4.78 is 0. The van der Waals surface area contributed by atoms with Crippen LogP contribution in [-0.2, 0) is 4.79 Å². The van der Waals surface area contributed by atoms with Crippen molar-refractivity contribution >= 4 is 11.6 Å². The average molecular weight is 266 g/mol. The van der Waals surface area contributed by atoms with E-state index in [2.05, 4.69) is 11.9 Å². The molecular formula is C17H18N2O. The van der Waals surface area contributed by atoms with E-state index in [-0.39, 0.29) is 5.91 Å². The quantitative estimate of drug-likeness (QED) is 0.816. The number of carbonyl (C=O) groups is 1. The molecule has 3 N–H and O–H groups in total. The zero-order chi connectivity index (χ0) is 14.4. The minimum atomic E-state index is -0.573. The molecular weight excluding hydrogens is 248 g/mol. The third-order valence-corrected chi connectivity index (χ3v) is 3.03. The molecule has 0 saturated heterocycles. The lowest BCUT2D eigenvalue weighted by molar-refractivity contribution is -0.117. The number of hydrogen-bond acceptors (Lipinski definition) is 2. The van der Waals surface area contributed by atoms with Crippen molar-refractivity contribution in [3.63, 3.8) is 0 Å². The van der Waals surface area contributed by atoms with Crippen LogP contribution in [0.1, 0.15) is 6.42 Å². The summed E-state index contributed by atoms with van der Waals surface area (Å²) in [4.78, 5) is 12.0. The average Bonchev–Trinajstić information content (AvgIpc) is 2.49. The van der Waals surface area contributed by atoms with Gasteiger partial charge in [0, 0.05) is 11.3 Å². The summed E-state index contributed by atoms with van der Waals surface area (Å²) in [5.41, 5.74) is 8.58. The number of nitrogens with two attached hydrogens (primary N) is 1. The molecule has 3 heteroatoms. The Labute approximate surface area is 119 Å². The van der Waals surface area contributed by atoms with Crippen molar-refractivity contribution in [1.29, 1.82) is 0 Å². The van der Waals surface area contributed by atoms with Crippen LogP contribution in [0.4, 0.5) is 5.69 Å². The monoisotopic (exact) mass is 266 g/mol. The van der Waals surface area contributed by atoms with Gasteiger partial charge in [0.25, 0.3) is 0 Å². The molecule has 0 saturated carbocycles. The Morgan fingerprint density at radius 2 is 1.80 bits per heavy atom. The second kappa shape index (κ2) is 6.68. The van der Waals surface area contributed by atoms with Gasteiger partial charge in [-0.1, -0.05) is 54.6 Å². The lowest BCUT2D eigenvalue weighted by Crippen LogP contribution is -2.35. The summed E-state index contributed by atoms with van der Waals surface area (Å²) in [6, 6.07) is 17.0. The number of benzene rings is 2. The summed E-state index contributed by atoms with van der Waals surface area (Å²) in [5, 5.41) is 2.88. The molecule has 2 rings (SSSR count). The highest BCUT2D eigenvalue weighted by atomic mass is 16.2. The summed E-state index contributed by atoms with van der Waals surface area (Å²) in [6.45, 7) is 3.60. The van der Waals surface area contributed by atoms with Crippen molar-refractivity contribution in [2.75, 3.05) is 5.32 Å². The molecule has 0 bridgehead atoms. The van der Waals surface area contributed by atoms with Crippen molar-refractivity contribution in [3.8, 4) is 11.1 Å². The van der Waals surface area contributed by atoms with Gasteiger partial charge in [0.05, 0.1) is 6.04 Å². The Balaban J connectivity index is 2.25. The summed E-state index contributed by atoms with van der Waals surface area (Å²) >= 11 is 0. The van der Waals surface area contributed by atoms with Gasteiger partial charge >= 0.3 is 0 Å². The molecule has 2 aromatic carbocycles. The molecule has 1 atom stereocenters. The van der Waals surface area contributed by atoms with Crippen LogP contribution in [0, 0.1) is 0 Å². The summed E-state index contributed by atoms with van der Waals surface area (Å²) in [5.74, 6) is -0.201. The predicted molar refractivity (Wildman–Crippen MR) is 83.3 cm³/mol. The molecule has 0 fully saturated rings. The van der Waals surface area contributed by atoms with Gasteiger partial charge in [0.1, 0.15) is 0 Å². The highest BCUT2D eigenvalue weighted by Crippen LogP contribution is 2.27. The number of amides is 1. The molecule has 1 amide bonds. The fourth-order valence-corrected chi connectivity index (χ4v) is 1.97. The zero-order valence-electron chi connectivity index (χ0n) is 11.3. The van der Waals surface area contributed by atoms with E-state index in [0.717, 1.165) is 16.8 Å². The fourth-order valence-electron chi connectivity index (χ4n) is 1.97. The zero-order valence-corrected chi connectivity index (χ0v) is 11.3. The molecule has 0 aliphatic carbocycles. The van der Waals surface area contributed by atoms with Gasteiger partial charge in [-0.3, -0.25) is 4.79 Å². The lowest BCUT2D eigenvalue weighted by atomic mass is 10.0. The molecule has 0 aliphatic rings. The Kier molecular flexibility index (Phi) is 4.69. The summed E-state index contributed by atoms with van der Waals surface area (Å²) in [6.07, 6.45) is 2.10. The van der Waals surface area contributed by atoms with Gasteiger partial charge in [0.15, 0.2) is 0 Å². The number of rotatable bonds is 5. The SMILES string of the molecule is C=CCC(N)C(=O)Nc1ccccc1-c1ccccc1. The first-order valence-corrected chi connectivity index (χ1v) is 6.54. The van der Waals surface area contributed by atoms with Gasteiger partial charge in [-0.25, -0.2) is 0 Å². The largest absolute Gasteiger partial charge is 0.324 e. The topological polar surface area (TPSA) is 55.1 Å². The standard InChI is InChI=1S/C17H18N2O/c1-2-8-15(18)17(20)19-16-12-7-6-11-14(16)13-9-4-3-5-10-13/h2-7,9-12,15H,1,8,18H2,(H,19,20). The van der Waals surface area contributed by atoms with Gasteiger partial charge in [-0.2, -0.15) is 0 Å². The third-order valence-electron chi connectivity index (χ3n) is 3.03. The van der Waals surface area contributed by atoms with E-state index in [1.54, 1.807) is 6.08 Å². The van der Waals surface area contributed by atoms with E-state index in [4.69, 9.17) is 5.73 Å². The predicted octanol–water partition coefficient (Wildman–Crippen LogP) is 3.20. The van der Waals surface area contributed by atoms with Crippen molar-refractivity contribution in [2.45, 2.75) is 12.5 Å². The smallest absolute Gasteiger partial charge is 0.241 e. The normalized spacial score (nSPS) is 11.7. The van der Waals surface area contributed by atoms with Gasteiger partial charge < -0.3 is 11.1 Å². The van der Waals surface area contributed by atoms with Gasteiger partial charge in [-0.15, -0.1) is 6.58 Å². The first-order valence-electron chi connectivity index (χ1n) is 6.54. The van der Waals surface area contributed by atoms with E-state index in [1.165, 1.54) is 0 Å². The maximum absolute atomic E-state index is 12.0. The molecule has 0 radical (unpaired) electrons. The second-order valence-electron chi connectivity index (χ2n) is 4.53. The first kappa shape index (κ1) is 14.0. The van der Waals surface area contributed by atoms with Crippen LogP contribution >= 0.6 is 0 Å². The lowest BCUT2D eigenvalue weighted by Gasteiger charge is -2.14. The molecule has 3 nitrogen and oxygen atoms in total. The number of nitrogens with one attached hydrogen (secondary N) is 1. The Morgan fingerprint density at radius 1 is 1.15 bits per heavy atom. The highest BCUT2D eigenvalue weighted by molar-refractivity contribution is 5.98. The van der Waals surface area contributed by atoms with Crippen molar-refractivity contribution < 1.29 is 4.79 Å². The maximum Gasteiger partial charge on any atom is 0.241 e. The maximum atomic E-state index is 12.0. The van der Waals surface area contributed by atoms with Crippen LogP contribution in [0.5, 0.6) is 0 Å². The number of anilines is 1. The minimum absolute atomic E-state index is 0.201. The van der Waals surface area contributed by atoms with E-state index in [9.17, 15) is 4.79 Å². The van der Waals surface area contributed by atoms with Crippen molar-refractivity contribution in [2.24, 2.45) is 5.73 Å². The van der Waals surface area contributed by atoms with Crippen LogP contribution in [0.3, 0.4) is 0 Å². The molecule has 0 spiro atoms. The Hall–Kier alpha value is -2.39. The molecule has 0 heterocycles. The van der Waals surface area contributed by atoms with Crippen LogP contribution in [-0.4, -0.2) is 11.9 Å². The molecule has 0 aliphatic heterocycles. The van der Waals surface area contributed by atoms with Crippen LogP contribution in [0.25, 0.3) is 11.1 Å². The summed E-state index contributed by atoms with van der Waals surface area (Å²) in [7, 11) is 0. The van der Waals surface area contributed by atoms with Crippen molar-refractivity contribution in [3.05, 3.63) is 67.3 Å². The van der Waals surface area contributed by atoms with Crippen LogP contribution < -0.4 is 11.1 Å². The van der Waals surface area contributed by atoms with Gasteiger partial charge in [0.2, 0.25) is 5.91 Å². The highest BCUT2D eigenvalue weighted by Gasteiger charge is 2.13.